The van der Waals surface area contributed by atoms with Gasteiger partial charge < -0.3 is 10.2 Å². The van der Waals surface area contributed by atoms with Crippen LogP contribution in [0.25, 0.3) is 0 Å². The molecule has 2 nitrogen and oxygen atoms in total. The summed E-state index contributed by atoms with van der Waals surface area (Å²) < 4.78 is 53.8. The van der Waals surface area contributed by atoms with Crippen LogP contribution in [0.2, 0.25) is 0 Å². The van der Waals surface area contributed by atoms with Gasteiger partial charge in [0, 0.05) is 25.2 Å². The van der Waals surface area contributed by atoms with Gasteiger partial charge in [-0.2, -0.15) is 0 Å². The molecule has 0 aromatic heterocycles. The van der Waals surface area contributed by atoms with Gasteiger partial charge in [-0.15, -0.1) is 0 Å². The van der Waals surface area contributed by atoms with E-state index in [-0.39, 0.29) is 12.0 Å². The van der Waals surface area contributed by atoms with Crippen molar-refractivity contribution < 1.29 is 17.6 Å². The highest BCUT2D eigenvalue weighted by molar-refractivity contribution is 5.51. The molecular formula is C14H18F4N2. The summed E-state index contributed by atoms with van der Waals surface area (Å²) in [5.74, 6) is -5.14. The minimum absolute atomic E-state index is 0.211. The predicted molar refractivity (Wildman–Crippen MR) is 69.7 cm³/mol. The van der Waals surface area contributed by atoms with Crippen LogP contribution in [0, 0.1) is 29.2 Å². The maximum absolute atomic E-state index is 13.7. The average Bonchev–Trinajstić information content (AvgIpc) is 2.83. The van der Waals surface area contributed by atoms with Crippen LogP contribution in [0.4, 0.5) is 23.2 Å². The fourth-order valence-electron chi connectivity index (χ4n) is 2.44. The van der Waals surface area contributed by atoms with Crippen LogP contribution >= 0.6 is 0 Å². The van der Waals surface area contributed by atoms with E-state index in [9.17, 15) is 17.6 Å². The van der Waals surface area contributed by atoms with Crippen molar-refractivity contribution >= 4 is 5.69 Å². The number of halogens is 4. The fourth-order valence-corrected chi connectivity index (χ4v) is 2.44. The molecule has 0 saturated carbocycles. The lowest BCUT2D eigenvalue weighted by atomic mass is 10.1. The normalized spacial score (nSPS) is 19.1. The maximum atomic E-state index is 13.7. The Kier molecular flexibility index (Phi) is 4.52. The van der Waals surface area contributed by atoms with Gasteiger partial charge in [0.1, 0.15) is 5.69 Å². The standard InChI is InChI=1S/C14H18F4N2/c1-8(2)19-6-9-3-4-20(7-9)14-12(17)10(15)5-11(16)13(14)18/h5,8-9,19H,3-4,6-7H2,1-2H3. The summed E-state index contributed by atoms with van der Waals surface area (Å²) in [6.07, 6.45) is 0.733. The lowest BCUT2D eigenvalue weighted by molar-refractivity contribution is 0.451. The van der Waals surface area contributed by atoms with Crippen molar-refractivity contribution in [1.29, 1.82) is 0 Å². The molecule has 20 heavy (non-hydrogen) atoms. The van der Waals surface area contributed by atoms with E-state index >= 15 is 0 Å². The molecule has 6 heteroatoms. The van der Waals surface area contributed by atoms with Crippen LogP contribution in [-0.2, 0) is 0 Å². The molecule has 2 rings (SSSR count). The zero-order valence-electron chi connectivity index (χ0n) is 11.5. The monoisotopic (exact) mass is 290 g/mol. The highest BCUT2D eigenvalue weighted by Crippen LogP contribution is 2.31. The van der Waals surface area contributed by atoms with E-state index in [1.54, 1.807) is 0 Å². The van der Waals surface area contributed by atoms with Gasteiger partial charge in [0.25, 0.3) is 0 Å². The highest BCUT2D eigenvalue weighted by atomic mass is 19.2. The van der Waals surface area contributed by atoms with E-state index in [4.69, 9.17) is 0 Å². The molecule has 1 saturated heterocycles. The largest absolute Gasteiger partial charge is 0.366 e. The molecule has 1 aromatic carbocycles. The second-order valence-corrected chi connectivity index (χ2v) is 5.48. The number of nitrogens with one attached hydrogen (secondary N) is 1. The Bertz CT molecular complexity index is 464. The van der Waals surface area contributed by atoms with Crippen LogP contribution < -0.4 is 10.2 Å². The number of hydrogen-bond acceptors (Lipinski definition) is 2. The van der Waals surface area contributed by atoms with E-state index in [1.807, 2.05) is 13.8 Å². The van der Waals surface area contributed by atoms with Crippen molar-refractivity contribution in [3.05, 3.63) is 29.3 Å². The Morgan fingerprint density at radius 2 is 1.80 bits per heavy atom. The van der Waals surface area contributed by atoms with Crippen molar-refractivity contribution in [1.82, 2.24) is 5.32 Å². The van der Waals surface area contributed by atoms with Gasteiger partial charge in [-0.3, -0.25) is 0 Å². The molecule has 1 N–H and O–H groups in total. The molecule has 1 unspecified atom stereocenters. The van der Waals surface area contributed by atoms with Crippen molar-refractivity contribution in [2.75, 3.05) is 24.5 Å². The molecule has 0 bridgehead atoms. The van der Waals surface area contributed by atoms with Gasteiger partial charge in [0.2, 0.25) is 0 Å². The number of anilines is 1. The highest BCUT2D eigenvalue weighted by Gasteiger charge is 2.29. The Hall–Kier alpha value is -1.30. The first-order valence-electron chi connectivity index (χ1n) is 6.71. The Morgan fingerprint density at radius 1 is 1.20 bits per heavy atom. The van der Waals surface area contributed by atoms with E-state index in [2.05, 4.69) is 5.32 Å². The Balaban J connectivity index is 2.14. The minimum atomic E-state index is -1.36. The summed E-state index contributed by atoms with van der Waals surface area (Å²) in [5.41, 5.74) is -0.588. The first kappa shape index (κ1) is 15.1. The molecule has 1 aliphatic rings. The number of hydrogen-bond donors (Lipinski definition) is 1. The van der Waals surface area contributed by atoms with Gasteiger partial charge in [0.15, 0.2) is 23.3 Å². The number of benzene rings is 1. The summed E-state index contributed by atoms with van der Waals surface area (Å²) in [5, 5.41) is 3.25. The van der Waals surface area contributed by atoms with E-state index in [0.717, 1.165) is 13.0 Å². The molecule has 1 fully saturated rings. The maximum Gasteiger partial charge on any atom is 0.185 e. The zero-order chi connectivity index (χ0) is 14.9. The third kappa shape index (κ3) is 3.06. The van der Waals surface area contributed by atoms with Gasteiger partial charge in [-0.25, -0.2) is 17.6 Å². The number of rotatable bonds is 4. The first-order valence-corrected chi connectivity index (χ1v) is 6.71. The number of nitrogens with zero attached hydrogens (tertiary/aromatic N) is 1. The van der Waals surface area contributed by atoms with E-state index in [1.165, 1.54) is 4.90 Å². The molecule has 1 aliphatic heterocycles. The van der Waals surface area contributed by atoms with Gasteiger partial charge in [0.05, 0.1) is 0 Å². The Morgan fingerprint density at radius 3 is 2.35 bits per heavy atom. The third-order valence-corrected chi connectivity index (χ3v) is 3.51. The Labute approximate surface area is 115 Å². The van der Waals surface area contributed by atoms with Crippen molar-refractivity contribution in [3.63, 3.8) is 0 Å². The lowest BCUT2D eigenvalue weighted by Gasteiger charge is -2.21. The second kappa shape index (κ2) is 5.99. The SMILES string of the molecule is CC(C)NCC1CCN(c2c(F)c(F)cc(F)c2F)C1. The third-order valence-electron chi connectivity index (χ3n) is 3.51. The topological polar surface area (TPSA) is 15.3 Å². The minimum Gasteiger partial charge on any atom is -0.366 e. The smallest absolute Gasteiger partial charge is 0.185 e. The van der Waals surface area contributed by atoms with Gasteiger partial charge in [-0.05, 0) is 18.9 Å². The summed E-state index contributed by atoms with van der Waals surface area (Å²) in [4.78, 5) is 1.38. The summed E-state index contributed by atoms with van der Waals surface area (Å²) >= 11 is 0. The lowest BCUT2D eigenvalue weighted by Crippen LogP contribution is -2.31. The second-order valence-electron chi connectivity index (χ2n) is 5.48. The molecule has 112 valence electrons. The molecule has 1 heterocycles. The van der Waals surface area contributed by atoms with Crippen LogP contribution in [0.5, 0.6) is 0 Å². The molecule has 0 spiro atoms. The molecule has 0 radical (unpaired) electrons. The van der Waals surface area contributed by atoms with E-state index < -0.39 is 29.0 Å². The summed E-state index contributed by atoms with van der Waals surface area (Å²) in [6.45, 7) is 5.51. The molecule has 1 aromatic rings. The van der Waals surface area contributed by atoms with Crippen LogP contribution in [0.3, 0.4) is 0 Å². The quantitative estimate of drug-likeness (QED) is 0.677. The zero-order valence-corrected chi connectivity index (χ0v) is 11.5. The molecular weight excluding hydrogens is 272 g/mol. The van der Waals surface area contributed by atoms with Crippen molar-refractivity contribution in [2.45, 2.75) is 26.3 Å². The van der Waals surface area contributed by atoms with E-state index in [0.29, 0.717) is 19.1 Å². The summed E-state index contributed by atoms with van der Waals surface area (Å²) in [7, 11) is 0. The fraction of sp³-hybridized carbons (Fsp3) is 0.571. The molecule has 1 atom stereocenters. The van der Waals surface area contributed by atoms with Gasteiger partial charge in [-0.1, -0.05) is 13.8 Å². The summed E-state index contributed by atoms with van der Waals surface area (Å²) in [6, 6.07) is 0.561. The molecule has 0 aliphatic carbocycles. The molecule has 0 amide bonds. The predicted octanol–water partition coefficient (Wildman–Crippen LogP) is 3.07. The van der Waals surface area contributed by atoms with Crippen molar-refractivity contribution in [3.8, 4) is 0 Å². The van der Waals surface area contributed by atoms with Gasteiger partial charge >= 0.3 is 0 Å². The average molecular weight is 290 g/mol. The van der Waals surface area contributed by atoms with Crippen LogP contribution in [-0.4, -0.2) is 25.7 Å². The van der Waals surface area contributed by atoms with Crippen LogP contribution in [0.1, 0.15) is 20.3 Å². The van der Waals surface area contributed by atoms with Crippen molar-refractivity contribution in [2.24, 2.45) is 5.92 Å². The first-order chi connectivity index (χ1) is 9.40. The van der Waals surface area contributed by atoms with Crippen LogP contribution in [0.15, 0.2) is 6.07 Å².